The summed E-state index contributed by atoms with van der Waals surface area (Å²) in [5, 5.41) is 0. The third kappa shape index (κ3) is 12.6. The van der Waals surface area contributed by atoms with Crippen molar-refractivity contribution in [2.45, 2.75) is 64.2 Å². The molecule has 0 aromatic heterocycles. The van der Waals surface area contributed by atoms with Crippen LogP contribution in [0.15, 0.2) is 48.5 Å². The molecule has 35 heavy (non-hydrogen) atoms. The van der Waals surface area contributed by atoms with Gasteiger partial charge >= 0.3 is 11.9 Å². The minimum absolute atomic E-state index is 0.303. The summed E-state index contributed by atoms with van der Waals surface area (Å²) >= 11 is 0. The Morgan fingerprint density at radius 3 is 1.74 bits per heavy atom. The van der Waals surface area contributed by atoms with Crippen LogP contribution in [0, 0.1) is 5.82 Å². The summed E-state index contributed by atoms with van der Waals surface area (Å²) < 4.78 is 23.3. The fourth-order valence-electron chi connectivity index (χ4n) is 3.62. The van der Waals surface area contributed by atoms with Crippen LogP contribution in [0.25, 0.3) is 6.08 Å². The standard InChI is InChI=1S/C28H37FN2O4/c29-24-14-11-22(12-15-24)13-16-27(32)34-17-9-7-5-3-1-2-4-6-8-10-18-35-28(33)23-19-25(30)21-26(31)20-23/h11-16,19-21H,1-10,17-18,30-31H2. The molecule has 0 bridgehead atoms. The number of halogens is 1. The summed E-state index contributed by atoms with van der Waals surface area (Å²) in [4.78, 5) is 23.7. The van der Waals surface area contributed by atoms with Gasteiger partial charge in [-0.25, -0.2) is 14.0 Å². The number of anilines is 2. The number of carbonyl (C=O) groups excluding carboxylic acids is 2. The quantitative estimate of drug-likeness (QED) is 0.125. The number of ether oxygens (including phenoxy) is 2. The van der Waals surface area contributed by atoms with Crippen molar-refractivity contribution in [3.8, 4) is 0 Å². The van der Waals surface area contributed by atoms with Crippen molar-refractivity contribution in [1.82, 2.24) is 0 Å². The smallest absolute Gasteiger partial charge is 0.338 e. The second-order valence-corrected chi connectivity index (χ2v) is 8.61. The number of unbranched alkanes of at least 4 members (excludes halogenated alkanes) is 9. The molecule has 2 aromatic rings. The van der Waals surface area contributed by atoms with Gasteiger partial charge in [0.15, 0.2) is 0 Å². The molecular formula is C28H37FN2O4. The van der Waals surface area contributed by atoms with Crippen LogP contribution in [0.5, 0.6) is 0 Å². The largest absolute Gasteiger partial charge is 0.463 e. The second kappa shape index (κ2) is 16.3. The highest BCUT2D eigenvalue weighted by Gasteiger charge is 2.08. The molecule has 0 saturated heterocycles. The number of carbonyl (C=O) groups is 2. The molecular weight excluding hydrogens is 447 g/mol. The predicted octanol–water partition coefficient (Wildman–Crippen LogP) is 6.30. The van der Waals surface area contributed by atoms with E-state index < -0.39 is 0 Å². The molecule has 7 heteroatoms. The lowest BCUT2D eigenvalue weighted by Gasteiger charge is -2.07. The van der Waals surface area contributed by atoms with Gasteiger partial charge < -0.3 is 20.9 Å². The van der Waals surface area contributed by atoms with E-state index in [-0.39, 0.29) is 17.8 Å². The molecule has 0 fully saturated rings. The van der Waals surface area contributed by atoms with Crippen LogP contribution in [-0.2, 0) is 14.3 Å². The molecule has 0 saturated carbocycles. The lowest BCUT2D eigenvalue weighted by atomic mass is 10.1. The zero-order chi connectivity index (χ0) is 25.3. The monoisotopic (exact) mass is 484 g/mol. The van der Waals surface area contributed by atoms with Crippen molar-refractivity contribution in [2.24, 2.45) is 0 Å². The molecule has 0 spiro atoms. The predicted molar refractivity (Wildman–Crippen MR) is 138 cm³/mol. The van der Waals surface area contributed by atoms with Gasteiger partial charge in [-0.2, -0.15) is 0 Å². The molecule has 190 valence electrons. The van der Waals surface area contributed by atoms with E-state index in [4.69, 9.17) is 20.9 Å². The van der Waals surface area contributed by atoms with E-state index in [1.54, 1.807) is 36.4 Å². The Kier molecular flexibility index (Phi) is 13.0. The summed E-state index contributed by atoms with van der Waals surface area (Å²) in [5.41, 5.74) is 13.4. The average Bonchev–Trinajstić information content (AvgIpc) is 2.83. The first-order valence-electron chi connectivity index (χ1n) is 12.4. The average molecular weight is 485 g/mol. The number of nitrogens with two attached hydrogens (primary N) is 2. The minimum Gasteiger partial charge on any atom is -0.463 e. The Morgan fingerprint density at radius 1 is 0.714 bits per heavy atom. The summed E-state index contributed by atoms with van der Waals surface area (Å²) in [5.74, 6) is -1.07. The molecule has 0 aliphatic carbocycles. The molecule has 6 nitrogen and oxygen atoms in total. The van der Waals surface area contributed by atoms with E-state index in [0.717, 1.165) is 44.1 Å². The van der Waals surface area contributed by atoms with Crippen molar-refractivity contribution in [1.29, 1.82) is 0 Å². The number of hydrogen-bond donors (Lipinski definition) is 2. The van der Waals surface area contributed by atoms with Crippen LogP contribution in [0.1, 0.15) is 80.1 Å². The van der Waals surface area contributed by atoms with Crippen LogP contribution < -0.4 is 11.5 Å². The van der Waals surface area contributed by atoms with E-state index in [1.165, 1.54) is 43.9 Å². The summed E-state index contributed by atoms with van der Waals surface area (Å²) in [6.45, 7) is 0.822. The van der Waals surface area contributed by atoms with E-state index >= 15 is 0 Å². The summed E-state index contributed by atoms with van der Waals surface area (Å²) in [7, 11) is 0. The van der Waals surface area contributed by atoms with Crippen molar-refractivity contribution >= 4 is 29.4 Å². The van der Waals surface area contributed by atoms with Gasteiger partial charge in [0.1, 0.15) is 5.82 Å². The van der Waals surface area contributed by atoms with Crippen molar-refractivity contribution in [3.05, 3.63) is 65.5 Å². The second-order valence-electron chi connectivity index (χ2n) is 8.61. The first kappa shape index (κ1) is 27.9. The van der Waals surface area contributed by atoms with Crippen molar-refractivity contribution in [3.63, 3.8) is 0 Å². The highest BCUT2D eigenvalue weighted by Crippen LogP contribution is 2.15. The molecule has 0 aliphatic heterocycles. The zero-order valence-corrected chi connectivity index (χ0v) is 20.3. The Morgan fingerprint density at radius 2 is 1.20 bits per heavy atom. The molecule has 0 aliphatic rings. The molecule has 2 aromatic carbocycles. The molecule has 0 atom stereocenters. The molecule has 0 radical (unpaired) electrons. The third-order valence-electron chi connectivity index (χ3n) is 5.51. The van der Waals surface area contributed by atoms with Crippen LogP contribution in [0.2, 0.25) is 0 Å². The normalized spacial score (nSPS) is 11.0. The lowest BCUT2D eigenvalue weighted by molar-refractivity contribution is -0.137. The van der Waals surface area contributed by atoms with Gasteiger partial charge in [-0.05, 0) is 54.8 Å². The molecule has 0 heterocycles. The minimum atomic E-state index is -0.389. The van der Waals surface area contributed by atoms with Crippen LogP contribution in [0.4, 0.5) is 15.8 Å². The van der Waals surface area contributed by atoms with E-state index in [0.29, 0.717) is 30.2 Å². The van der Waals surface area contributed by atoms with Crippen molar-refractivity contribution < 1.29 is 23.5 Å². The summed E-state index contributed by atoms with van der Waals surface area (Å²) in [6.07, 6.45) is 13.8. The Balaban J connectivity index is 1.36. The van der Waals surface area contributed by atoms with Gasteiger partial charge in [0, 0.05) is 17.5 Å². The molecule has 2 rings (SSSR count). The number of rotatable bonds is 16. The highest BCUT2D eigenvalue weighted by atomic mass is 19.1. The van der Waals surface area contributed by atoms with Crippen LogP contribution in [0.3, 0.4) is 0 Å². The third-order valence-corrected chi connectivity index (χ3v) is 5.51. The van der Waals surface area contributed by atoms with Crippen LogP contribution in [-0.4, -0.2) is 25.2 Å². The van der Waals surface area contributed by atoms with E-state index in [9.17, 15) is 14.0 Å². The Bertz CT molecular complexity index is 924. The fraction of sp³-hybridized carbons (Fsp3) is 0.429. The number of benzene rings is 2. The Labute approximate surface area is 207 Å². The molecule has 4 N–H and O–H groups in total. The van der Waals surface area contributed by atoms with Gasteiger partial charge in [-0.3, -0.25) is 0 Å². The lowest BCUT2D eigenvalue weighted by Crippen LogP contribution is -2.07. The van der Waals surface area contributed by atoms with Gasteiger partial charge in [-0.1, -0.05) is 63.5 Å². The van der Waals surface area contributed by atoms with Gasteiger partial charge in [0.25, 0.3) is 0 Å². The van der Waals surface area contributed by atoms with Gasteiger partial charge in [0.05, 0.1) is 18.8 Å². The number of nitrogen functional groups attached to an aromatic ring is 2. The number of hydrogen-bond acceptors (Lipinski definition) is 6. The fourth-order valence-corrected chi connectivity index (χ4v) is 3.62. The maximum atomic E-state index is 12.8. The zero-order valence-electron chi connectivity index (χ0n) is 20.3. The summed E-state index contributed by atoms with van der Waals surface area (Å²) in [6, 6.07) is 10.7. The maximum absolute atomic E-state index is 12.8. The molecule has 0 amide bonds. The first-order chi connectivity index (χ1) is 16.9. The topological polar surface area (TPSA) is 105 Å². The van der Waals surface area contributed by atoms with E-state index in [1.807, 2.05) is 0 Å². The van der Waals surface area contributed by atoms with Crippen LogP contribution >= 0.6 is 0 Å². The maximum Gasteiger partial charge on any atom is 0.338 e. The highest BCUT2D eigenvalue weighted by molar-refractivity contribution is 5.91. The first-order valence-corrected chi connectivity index (χ1v) is 12.4. The van der Waals surface area contributed by atoms with Gasteiger partial charge in [0.2, 0.25) is 0 Å². The SMILES string of the molecule is Nc1cc(N)cc(C(=O)OCCCCCCCCCCCCOC(=O)C=Cc2ccc(F)cc2)c1. The van der Waals surface area contributed by atoms with Gasteiger partial charge in [-0.15, -0.1) is 0 Å². The number of esters is 2. The van der Waals surface area contributed by atoms with E-state index in [2.05, 4.69) is 0 Å². The van der Waals surface area contributed by atoms with Crippen molar-refractivity contribution in [2.75, 3.05) is 24.7 Å². The molecule has 0 unspecified atom stereocenters. The Hall–Kier alpha value is -3.35.